The van der Waals surface area contributed by atoms with Crippen LogP contribution < -0.4 is 4.74 Å². The van der Waals surface area contributed by atoms with E-state index < -0.39 is 0 Å². The van der Waals surface area contributed by atoms with Crippen molar-refractivity contribution in [2.45, 2.75) is 6.61 Å². The number of aromatic nitrogens is 2. The Kier molecular flexibility index (Phi) is 2.49. The molecule has 0 fully saturated rings. The first kappa shape index (κ1) is 8.81. The summed E-state index contributed by atoms with van der Waals surface area (Å²) >= 11 is 0. The SMILES string of the molecule is Cn1cc(OCc2ccccc2)cn1. The van der Waals surface area contributed by atoms with Crippen molar-refractivity contribution in [1.29, 1.82) is 0 Å². The van der Waals surface area contributed by atoms with Gasteiger partial charge in [-0.2, -0.15) is 5.10 Å². The second-order valence-electron chi connectivity index (χ2n) is 3.12. The fourth-order valence-electron chi connectivity index (χ4n) is 1.21. The number of hydrogen-bond donors (Lipinski definition) is 0. The minimum Gasteiger partial charge on any atom is -0.486 e. The average molecular weight is 188 g/mol. The topological polar surface area (TPSA) is 27.1 Å². The van der Waals surface area contributed by atoms with Gasteiger partial charge in [-0.15, -0.1) is 0 Å². The standard InChI is InChI=1S/C11H12N2O/c1-13-8-11(7-12-13)14-9-10-5-3-2-4-6-10/h2-8H,9H2,1H3. The molecular formula is C11H12N2O. The van der Waals surface area contributed by atoms with Gasteiger partial charge in [0.1, 0.15) is 6.61 Å². The van der Waals surface area contributed by atoms with E-state index in [0.717, 1.165) is 11.3 Å². The molecule has 0 aliphatic carbocycles. The highest BCUT2D eigenvalue weighted by Crippen LogP contribution is 2.10. The zero-order valence-electron chi connectivity index (χ0n) is 8.05. The maximum Gasteiger partial charge on any atom is 0.157 e. The highest BCUT2D eigenvalue weighted by molar-refractivity contribution is 5.16. The third-order valence-electron chi connectivity index (χ3n) is 1.93. The molecule has 0 aliphatic heterocycles. The van der Waals surface area contributed by atoms with E-state index in [9.17, 15) is 0 Å². The van der Waals surface area contributed by atoms with Crippen molar-refractivity contribution in [3.05, 3.63) is 48.3 Å². The van der Waals surface area contributed by atoms with Gasteiger partial charge in [0.05, 0.1) is 12.4 Å². The molecule has 1 heterocycles. The van der Waals surface area contributed by atoms with Crippen LogP contribution in [-0.2, 0) is 13.7 Å². The van der Waals surface area contributed by atoms with Crippen LogP contribution in [0, 0.1) is 0 Å². The smallest absolute Gasteiger partial charge is 0.157 e. The summed E-state index contributed by atoms with van der Waals surface area (Å²) in [6.45, 7) is 0.590. The lowest BCUT2D eigenvalue weighted by molar-refractivity contribution is 0.306. The highest BCUT2D eigenvalue weighted by atomic mass is 16.5. The van der Waals surface area contributed by atoms with Crippen LogP contribution in [0.1, 0.15) is 5.56 Å². The van der Waals surface area contributed by atoms with Gasteiger partial charge in [0.2, 0.25) is 0 Å². The number of benzene rings is 1. The third-order valence-corrected chi connectivity index (χ3v) is 1.93. The van der Waals surface area contributed by atoms with E-state index in [1.165, 1.54) is 0 Å². The van der Waals surface area contributed by atoms with Crippen molar-refractivity contribution in [2.75, 3.05) is 0 Å². The lowest BCUT2D eigenvalue weighted by atomic mass is 10.2. The summed E-state index contributed by atoms with van der Waals surface area (Å²) in [6.07, 6.45) is 3.56. The second-order valence-corrected chi connectivity index (χ2v) is 3.12. The van der Waals surface area contributed by atoms with E-state index in [1.807, 2.05) is 43.6 Å². The molecule has 2 rings (SSSR count). The second kappa shape index (κ2) is 3.96. The van der Waals surface area contributed by atoms with Crippen LogP contribution in [0.15, 0.2) is 42.7 Å². The van der Waals surface area contributed by atoms with Crippen LogP contribution in [0.25, 0.3) is 0 Å². The van der Waals surface area contributed by atoms with Gasteiger partial charge in [-0.1, -0.05) is 30.3 Å². The van der Waals surface area contributed by atoms with Gasteiger partial charge in [0, 0.05) is 7.05 Å². The molecular weight excluding hydrogens is 176 g/mol. The van der Waals surface area contributed by atoms with Crippen molar-refractivity contribution < 1.29 is 4.74 Å². The van der Waals surface area contributed by atoms with E-state index in [2.05, 4.69) is 5.10 Å². The molecule has 0 aliphatic rings. The van der Waals surface area contributed by atoms with E-state index in [0.29, 0.717) is 6.61 Å². The summed E-state index contributed by atoms with van der Waals surface area (Å²) in [4.78, 5) is 0. The first-order chi connectivity index (χ1) is 6.84. The Bertz CT molecular complexity index is 395. The molecule has 3 heteroatoms. The predicted molar refractivity (Wildman–Crippen MR) is 54.0 cm³/mol. The lowest BCUT2D eigenvalue weighted by Crippen LogP contribution is -1.93. The van der Waals surface area contributed by atoms with E-state index in [-0.39, 0.29) is 0 Å². The molecule has 0 saturated carbocycles. The zero-order chi connectivity index (χ0) is 9.80. The maximum absolute atomic E-state index is 5.53. The first-order valence-electron chi connectivity index (χ1n) is 4.50. The molecule has 72 valence electrons. The molecule has 14 heavy (non-hydrogen) atoms. The Labute approximate surface area is 82.9 Å². The van der Waals surface area contributed by atoms with E-state index in [1.54, 1.807) is 10.9 Å². The van der Waals surface area contributed by atoms with Crippen LogP contribution in [0.2, 0.25) is 0 Å². The molecule has 0 bridgehead atoms. The summed E-state index contributed by atoms with van der Waals surface area (Å²) in [5, 5.41) is 4.02. The van der Waals surface area contributed by atoms with E-state index in [4.69, 9.17) is 4.74 Å². The molecule has 0 saturated heterocycles. The zero-order valence-corrected chi connectivity index (χ0v) is 8.05. The van der Waals surface area contributed by atoms with Gasteiger partial charge in [0.15, 0.2) is 5.75 Å². The molecule has 0 unspecified atom stereocenters. The van der Waals surface area contributed by atoms with Crippen molar-refractivity contribution >= 4 is 0 Å². The summed E-state index contributed by atoms with van der Waals surface area (Å²) in [5.41, 5.74) is 1.16. The van der Waals surface area contributed by atoms with Crippen molar-refractivity contribution in [1.82, 2.24) is 9.78 Å². The molecule has 1 aromatic heterocycles. The highest BCUT2D eigenvalue weighted by Gasteiger charge is 1.96. The minimum atomic E-state index is 0.590. The van der Waals surface area contributed by atoms with Gasteiger partial charge in [0.25, 0.3) is 0 Å². The van der Waals surface area contributed by atoms with Gasteiger partial charge in [-0.25, -0.2) is 0 Å². The molecule has 0 N–H and O–H groups in total. The van der Waals surface area contributed by atoms with Crippen molar-refractivity contribution in [2.24, 2.45) is 7.05 Å². The van der Waals surface area contributed by atoms with Crippen LogP contribution in [-0.4, -0.2) is 9.78 Å². The largest absolute Gasteiger partial charge is 0.486 e. The Hall–Kier alpha value is -1.77. The molecule has 1 aromatic carbocycles. The fourth-order valence-corrected chi connectivity index (χ4v) is 1.21. The molecule has 0 atom stereocenters. The van der Waals surface area contributed by atoms with Crippen LogP contribution in [0.5, 0.6) is 5.75 Å². The monoisotopic (exact) mass is 188 g/mol. The van der Waals surface area contributed by atoms with Crippen molar-refractivity contribution in [3.8, 4) is 5.75 Å². The van der Waals surface area contributed by atoms with E-state index >= 15 is 0 Å². The number of rotatable bonds is 3. The average Bonchev–Trinajstić information content (AvgIpc) is 2.63. The number of nitrogens with zero attached hydrogens (tertiary/aromatic N) is 2. The number of ether oxygens (including phenoxy) is 1. The first-order valence-corrected chi connectivity index (χ1v) is 4.50. The normalized spacial score (nSPS) is 10.1. The molecule has 2 aromatic rings. The molecule has 0 amide bonds. The Morgan fingerprint density at radius 1 is 1.29 bits per heavy atom. The van der Waals surface area contributed by atoms with Crippen LogP contribution >= 0.6 is 0 Å². The van der Waals surface area contributed by atoms with Gasteiger partial charge >= 0.3 is 0 Å². The fraction of sp³-hybridized carbons (Fsp3) is 0.182. The van der Waals surface area contributed by atoms with Crippen LogP contribution in [0.3, 0.4) is 0 Å². The Morgan fingerprint density at radius 3 is 2.71 bits per heavy atom. The Morgan fingerprint density at radius 2 is 2.07 bits per heavy atom. The maximum atomic E-state index is 5.53. The summed E-state index contributed by atoms with van der Waals surface area (Å²) in [5.74, 6) is 0.802. The van der Waals surface area contributed by atoms with Gasteiger partial charge in [-0.3, -0.25) is 4.68 Å². The molecule has 3 nitrogen and oxygen atoms in total. The third kappa shape index (κ3) is 2.13. The predicted octanol–water partition coefficient (Wildman–Crippen LogP) is 2.00. The quantitative estimate of drug-likeness (QED) is 0.736. The molecule has 0 radical (unpaired) electrons. The summed E-state index contributed by atoms with van der Waals surface area (Å²) in [7, 11) is 1.87. The summed E-state index contributed by atoms with van der Waals surface area (Å²) in [6, 6.07) is 10.1. The Balaban J connectivity index is 1.95. The number of aryl methyl sites for hydroxylation is 1. The van der Waals surface area contributed by atoms with Gasteiger partial charge < -0.3 is 4.74 Å². The number of hydrogen-bond acceptors (Lipinski definition) is 2. The minimum absolute atomic E-state index is 0.590. The lowest BCUT2D eigenvalue weighted by Gasteiger charge is -2.02. The summed E-state index contributed by atoms with van der Waals surface area (Å²) < 4.78 is 7.25. The van der Waals surface area contributed by atoms with Gasteiger partial charge in [-0.05, 0) is 5.56 Å². The van der Waals surface area contributed by atoms with Crippen LogP contribution in [0.4, 0.5) is 0 Å². The van der Waals surface area contributed by atoms with Crippen molar-refractivity contribution in [3.63, 3.8) is 0 Å². The molecule has 0 spiro atoms.